The normalized spacial score (nSPS) is 18.1. The van der Waals surface area contributed by atoms with E-state index in [2.05, 4.69) is 31.0 Å². The molecule has 1 fully saturated rings. The first-order valence-corrected chi connectivity index (χ1v) is 6.82. The van der Waals surface area contributed by atoms with Crippen LogP contribution in [0.15, 0.2) is 0 Å². The first kappa shape index (κ1) is 15.4. The highest BCUT2D eigenvalue weighted by Crippen LogP contribution is 2.12. The van der Waals surface area contributed by atoms with Crippen LogP contribution in [0.4, 0.5) is 0 Å². The third-order valence-corrected chi connectivity index (χ3v) is 3.66. The molecule has 5 heteroatoms. The smallest absolute Gasteiger partial charge is 0.234 e. The molecule has 0 bridgehead atoms. The van der Waals surface area contributed by atoms with Gasteiger partial charge in [-0.15, -0.1) is 0 Å². The first-order chi connectivity index (χ1) is 8.49. The fourth-order valence-electron chi connectivity index (χ4n) is 2.17. The van der Waals surface area contributed by atoms with Gasteiger partial charge in [-0.25, -0.2) is 0 Å². The summed E-state index contributed by atoms with van der Waals surface area (Å²) < 4.78 is 5.28. The zero-order valence-electron chi connectivity index (χ0n) is 11.9. The molecule has 0 aliphatic carbocycles. The van der Waals surface area contributed by atoms with Gasteiger partial charge in [0.1, 0.15) is 0 Å². The molecule has 0 aromatic rings. The van der Waals surface area contributed by atoms with Gasteiger partial charge in [0, 0.05) is 31.3 Å². The molecule has 1 heterocycles. The second-order valence-electron chi connectivity index (χ2n) is 5.48. The molecule has 1 aliphatic heterocycles. The minimum absolute atomic E-state index is 0.0882. The van der Waals surface area contributed by atoms with Gasteiger partial charge < -0.3 is 15.8 Å². The lowest BCUT2D eigenvalue weighted by Gasteiger charge is -2.36. The summed E-state index contributed by atoms with van der Waals surface area (Å²) in [5, 5.41) is 3.08. The number of ether oxygens (including phenoxy) is 1. The summed E-state index contributed by atoms with van der Waals surface area (Å²) in [6, 6.07) is 0.269. The Hall–Kier alpha value is -0.650. The van der Waals surface area contributed by atoms with Crippen molar-refractivity contribution in [2.75, 3.05) is 32.8 Å². The molecule has 0 radical (unpaired) electrons. The molecule has 0 aromatic carbocycles. The van der Waals surface area contributed by atoms with E-state index in [0.29, 0.717) is 13.1 Å². The molecule has 1 aliphatic rings. The predicted octanol–water partition coefficient (Wildman–Crippen LogP) is 0.341. The molecule has 18 heavy (non-hydrogen) atoms. The number of rotatable bonds is 6. The number of nitrogens with one attached hydrogen (secondary N) is 1. The molecule has 0 spiro atoms. The van der Waals surface area contributed by atoms with Crippen LogP contribution in [0.1, 0.15) is 33.6 Å². The molecule has 3 N–H and O–H groups in total. The minimum atomic E-state index is -0.137. The molecular weight excluding hydrogens is 230 g/mol. The number of hydrogen-bond donors (Lipinski definition) is 2. The third kappa shape index (κ3) is 4.55. The van der Waals surface area contributed by atoms with E-state index >= 15 is 0 Å². The van der Waals surface area contributed by atoms with Gasteiger partial charge in [0.2, 0.25) is 5.91 Å². The van der Waals surface area contributed by atoms with Gasteiger partial charge >= 0.3 is 0 Å². The SMILES string of the molecule is CCN(CC(=O)NC1CCOCC1)C(C)(C)CN. The number of carbonyl (C=O) groups excluding carboxylic acids is 1. The maximum absolute atomic E-state index is 12.0. The Morgan fingerprint density at radius 1 is 1.44 bits per heavy atom. The second kappa shape index (κ2) is 7.07. The maximum Gasteiger partial charge on any atom is 0.234 e. The average Bonchev–Trinajstić information content (AvgIpc) is 2.37. The lowest BCUT2D eigenvalue weighted by molar-refractivity contribution is -0.124. The van der Waals surface area contributed by atoms with Crippen LogP contribution in [0.3, 0.4) is 0 Å². The summed E-state index contributed by atoms with van der Waals surface area (Å²) in [7, 11) is 0. The van der Waals surface area contributed by atoms with Crippen molar-refractivity contribution < 1.29 is 9.53 Å². The molecule has 1 rings (SSSR count). The molecule has 0 atom stereocenters. The molecular formula is C13H27N3O2. The predicted molar refractivity (Wildman–Crippen MR) is 72.4 cm³/mol. The zero-order chi connectivity index (χ0) is 13.6. The first-order valence-electron chi connectivity index (χ1n) is 6.82. The Labute approximate surface area is 110 Å². The van der Waals surface area contributed by atoms with Crippen LogP contribution in [0.5, 0.6) is 0 Å². The van der Waals surface area contributed by atoms with Crippen molar-refractivity contribution in [3.05, 3.63) is 0 Å². The Morgan fingerprint density at radius 2 is 2.06 bits per heavy atom. The van der Waals surface area contributed by atoms with Gasteiger partial charge in [-0.2, -0.15) is 0 Å². The minimum Gasteiger partial charge on any atom is -0.381 e. The van der Waals surface area contributed by atoms with Crippen LogP contribution < -0.4 is 11.1 Å². The Morgan fingerprint density at radius 3 is 2.56 bits per heavy atom. The van der Waals surface area contributed by atoms with E-state index in [0.717, 1.165) is 32.6 Å². The summed E-state index contributed by atoms with van der Waals surface area (Å²) in [4.78, 5) is 14.1. The van der Waals surface area contributed by atoms with Crippen LogP contribution >= 0.6 is 0 Å². The van der Waals surface area contributed by atoms with Crippen molar-refractivity contribution in [3.8, 4) is 0 Å². The van der Waals surface area contributed by atoms with Crippen LogP contribution in [0, 0.1) is 0 Å². The molecule has 0 unspecified atom stereocenters. The lowest BCUT2D eigenvalue weighted by Crippen LogP contribution is -2.53. The van der Waals surface area contributed by atoms with Crippen molar-refractivity contribution in [1.82, 2.24) is 10.2 Å². The fraction of sp³-hybridized carbons (Fsp3) is 0.923. The number of hydrogen-bond acceptors (Lipinski definition) is 4. The molecule has 106 valence electrons. The van der Waals surface area contributed by atoms with Crippen LogP contribution in [-0.2, 0) is 9.53 Å². The summed E-state index contributed by atoms with van der Waals surface area (Å²) >= 11 is 0. The summed E-state index contributed by atoms with van der Waals surface area (Å²) in [5.41, 5.74) is 5.62. The topological polar surface area (TPSA) is 67.6 Å². The standard InChI is InChI=1S/C13H27N3O2/c1-4-16(13(2,3)10-14)9-12(17)15-11-5-7-18-8-6-11/h11H,4-10,14H2,1-3H3,(H,15,17). The average molecular weight is 257 g/mol. The number of amides is 1. The van der Waals surface area contributed by atoms with E-state index in [4.69, 9.17) is 10.5 Å². The Bertz CT molecular complexity index is 263. The van der Waals surface area contributed by atoms with Gasteiger partial charge in [0.05, 0.1) is 6.54 Å². The van der Waals surface area contributed by atoms with Gasteiger partial charge in [0.25, 0.3) is 0 Å². The van der Waals surface area contributed by atoms with Crippen LogP contribution in [0.25, 0.3) is 0 Å². The zero-order valence-corrected chi connectivity index (χ0v) is 11.9. The molecule has 0 aromatic heterocycles. The largest absolute Gasteiger partial charge is 0.381 e. The second-order valence-corrected chi connectivity index (χ2v) is 5.48. The van der Waals surface area contributed by atoms with Crippen molar-refractivity contribution in [3.63, 3.8) is 0 Å². The Balaban J connectivity index is 2.41. The van der Waals surface area contributed by atoms with Crippen molar-refractivity contribution >= 4 is 5.91 Å². The van der Waals surface area contributed by atoms with Crippen LogP contribution in [0.2, 0.25) is 0 Å². The van der Waals surface area contributed by atoms with E-state index < -0.39 is 0 Å². The highest BCUT2D eigenvalue weighted by Gasteiger charge is 2.26. The van der Waals surface area contributed by atoms with Gasteiger partial charge in [-0.1, -0.05) is 6.92 Å². The van der Waals surface area contributed by atoms with Crippen molar-refractivity contribution in [1.29, 1.82) is 0 Å². The van der Waals surface area contributed by atoms with E-state index in [-0.39, 0.29) is 17.5 Å². The van der Waals surface area contributed by atoms with E-state index in [9.17, 15) is 4.79 Å². The summed E-state index contributed by atoms with van der Waals surface area (Å²) in [6.07, 6.45) is 1.83. The summed E-state index contributed by atoms with van der Waals surface area (Å²) in [5.74, 6) is 0.0882. The monoisotopic (exact) mass is 257 g/mol. The number of likely N-dealkylation sites (N-methyl/N-ethyl adjacent to an activating group) is 1. The highest BCUT2D eigenvalue weighted by molar-refractivity contribution is 5.78. The lowest BCUT2D eigenvalue weighted by atomic mass is 10.0. The van der Waals surface area contributed by atoms with Gasteiger partial charge in [0.15, 0.2) is 0 Å². The van der Waals surface area contributed by atoms with Gasteiger partial charge in [-0.05, 0) is 33.2 Å². The molecule has 1 saturated heterocycles. The van der Waals surface area contributed by atoms with E-state index in [1.54, 1.807) is 0 Å². The number of carbonyl (C=O) groups is 1. The third-order valence-electron chi connectivity index (χ3n) is 3.66. The van der Waals surface area contributed by atoms with Crippen LogP contribution in [-0.4, -0.2) is 55.2 Å². The van der Waals surface area contributed by atoms with E-state index in [1.165, 1.54) is 0 Å². The maximum atomic E-state index is 12.0. The van der Waals surface area contributed by atoms with Crippen molar-refractivity contribution in [2.45, 2.75) is 45.2 Å². The fourth-order valence-corrected chi connectivity index (χ4v) is 2.17. The highest BCUT2D eigenvalue weighted by atomic mass is 16.5. The molecule has 5 nitrogen and oxygen atoms in total. The summed E-state index contributed by atoms with van der Waals surface area (Å²) in [6.45, 7) is 9.47. The number of nitrogens with zero attached hydrogens (tertiary/aromatic N) is 1. The van der Waals surface area contributed by atoms with Gasteiger partial charge in [-0.3, -0.25) is 9.69 Å². The quantitative estimate of drug-likeness (QED) is 0.720. The van der Waals surface area contributed by atoms with E-state index in [1.807, 2.05) is 0 Å². The molecule has 0 saturated carbocycles. The molecule has 1 amide bonds. The Kier molecular flexibility index (Phi) is 6.05. The number of nitrogens with two attached hydrogens (primary N) is 1. The van der Waals surface area contributed by atoms with Crippen molar-refractivity contribution in [2.24, 2.45) is 5.73 Å².